The Bertz CT molecular complexity index is 870. The van der Waals surface area contributed by atoms with Crippen LogP contribution >= 0.6 is 0 Å². The van der Waals surface area contributed by atoms with Crippen molar-refractivity contribution in [1.82, 2.24) is 15.6 Å². The van der Waals surface area contributed by atoms with Crippen molar-refractivity contribution < 1.29 is 9.53 Å². The minimum Gasteiger partial charge on any atom is -0.497 e. The molecule has 3 aromatic rings. The van der Waals surface area contributed by atoms with Crippen molar-refractivity contribution in [3.63, 3.8) is 0 Å². The zero-order chi connectivity index (χ0) is 16.8. The quantitative estimate of drug-likeness (QED) is 0.558. The smallest absolute Gasteiger partial charge is 0.262 e. The van der Waals surface area contributed by atoms with Gasteiger partial charge in [-0.05, 0) is 23.8 Å². The molecule has 1 amide bonds. The van der Waals surface area contributed by atoms with Crippen molar-refractivity contribution in [2.45, 2.75) is 0 Å². The number of nitrogens with one attached hydrogen (secondary N) is 2. The number of rotatable bonds is 5. The first kappa shape index (κ1) is 15.5. The van der Waals surface area contributed by atoms with Gasteiger partial charge in [0.15, 0.2) is 5.82 Å². The van der Waals surface area contributed by atoms with Gasteiger partial charge in [-0.25, -0.2) is 0 Å². The van der Waals surface area contributed by atoms with Crippen LogP contribution in [0, 0.1) is 0 Å². The van der Waals surface area contributed by atoms with E-state index in [1.807, 2.05) is 48.5 Å². The molecule has 0 saturated heterocycles. The van der Waals surface area contributed by atoms with Gasteiger partial charge in [-0.2, -0.15) is 5.10 Å². The molecule has 0 aliphatic carbocycles. The molecule has 0 unspecified atom stereocenters. The predicted molar refractivity (Wildman–Crippen MR) is 93.3 cm³/mol. The summed E-state index contributed by atoms with van der Waals surface area (Å²) in [5.41, 5.74) is 6.28. The van der Waals surface area contributed by atoms with Crippen LogP contribution < -0.4 is 15.6 Å². The normalized spacial score (nSPS) is 10.7. The Kier molecular flexibility index (Phi) is 4.67. The predicted octanol–water partition coefficient (Wildman–Crippen LogP) is 2.79. The van der Waals surface area contributed by atoms with E-state index >= 15 is 0 Å². The Balaban J connectivity index is 1.63. The molecule has 0 fully saturated rings. The Labute approximate surface area is 139 Å². The molecule has 3 rings (SSSR count). The van der Waals surface area contributed by atoms with Gasteiger partial charge in [-0.15, -0.1) is 5.10 Å². The molecule has 6 nitrogen and oxygen atoms in total. The van der Waals surface area contributed by atoms with E-state index in [0.29, 0.717) is 5.82 Å². The summed E-state index contributed by atoms with van der Waals surface area (Å²) in [6.45, 7) is 0. The van der Waals surface area contributed by atoms with Gasteiger partial charge < -0.3 is 4.74 Å². The minimum atomic E-state index is -0.291. The molecule has 0 spiro atoms. The number of anilines is 1. The molecular formula is C18H16N4O2. The molecule has 0 aliphatic rings. The van der Waals surface area contributed by atoms with Crippen molar-refractivity contribution >= 4 is 28.6 Å². The highest BCUT2D eigenvalue weighted by atomic mass is 16.5. The lowest BCUT2D eigenvalue weighted by Gasteiger charge is -2.07. The van der Waals surface area contributed by atoms with E-state index in [-0.39, 0.29) is 5.91 Å². The number of amides is 1. The van der Waals surface area contributed by atoms with Crippen LogP contribution in [-0.4, -0.2) is 23.2 Å². The monoisotopic (exact) mass is 320 g/mol. The number of aromatic nitrogens is 2. The number of nitrogens with zero attached hydrogens (tertiary/aromatic N) is 2. The fourth-order valence-corrected chi connectivity index (χ4v) is 2.17. The number of ether oxygens (including phenoxy) is 1. The number of carbonyl (C=O) groups excluding carboxylic acids is 1. The Morgan fingerprint density at radius 1 is 1.12 bits per heavy atom. The van der Waals surface area contributed by atoms with E-state index in [1.54, 1.807) is 19.4 Å². The maximum absolute atomic E-state index is 11.9. The van der Waals surface area contributed by atoms with Gasteiger partial charge in [0.25, 0.3) is 5.91 Å². The second-order valence-electron chi connectivity index (χ2n) is 5.00. The second kappa shape index (κ2) is 7.23. The number of fused-ring (bicyclic) bond motifs is 1. The summed E-state index contributed by atoms with van der Waals surface area (Å²) in [4.78, 5) is 11.9. The molecule has 0 bridgehead atoms. The van der Waals surface area contributed by atoms with E-state index < -0.39 is 0 Å². The molecule has 24 heavy (non-hydrogen) atoms. The van der Waals surface area contributed by atoms with E-state index in [2.05, 4.69) is 21.0 Å². The molecular weight excluding hydrogens is 304 g/mol. The van der Waals surface area contributed by atoms with Crippen LogP contribution in [0.2, 0.25) is 0 Å². The van der Waals surface area contributed by atoms with Crippen LogP contribution in [0.4, 0.5) is 5.82 Å². The summed E-state index contributed by atoms with van der Waals surface area (Å²) in [7, 11) is 1.61. The molecule has 6 heteroatoms. The van der Waals surface area contributed by atoms with Crippen LogP contribution in [0.15, 0.2) is 60.8 Å². The number of carbonyl (C=O) groups is 1. The summed E-state index contributed by atoms with van der Waals surface area (Å²) in [6, 6.07) is 15.1. The largest absolute Gasteiger partial charge is 0.497 e. The number of hydrogen-bond acceptors (Lipinski definition) is 5. The fraction of sp³-hybridized carbons (Fsp3) is 0.0556. The first-order valence-corrected chi connectivity index (χ1v) is 7.35. The Hall–Kier alpha value is -3.41. The average molecular weight is 320 g/mol. The van der Waals surface area contributed by atoms with Crippen molar-refractivity contribution in [2.75, 3.05) is 12.5 Å². The molecule has 0 aliphatic heterocycles. The third kappa shape index (κ3) is 3.67. The molecule has 1 aromatic heterocycles. The highest BCUT2D eigenvalue weighted by Gasteiger charge is 2.03. The first-order chi connectivity index (χ1) is 11.8. The SMILES string of the molecule is COc1ccc(/C=C/C(=O)NNc2nncc3ccccc23)cc1. The van der Waals surface area contributed by atoms with Gasteiger partial charge in [-0.1, -0.05) is 36.4 Å². The van der Waals surface area contributed by atoms with Crippen LogP contribution in [0.1, 0.15) is 5.56 Å². The third-order valence-electron chi connectivity index (χ3n) is 3.42. The third-order valence-corrected chi connectivity index (χ3v) is 3.42. The van der Waals surface area contributed by atoms with Gasteiger partial charge in [-0.3, -0.25) is 15.6 Å². The maximum Gasteiger partial charge on any atom is 0.262 e. The number of methoxy groups -OCH3 is 1. The van der Waals surface area contributed by atoms with Gasteiger partial charge >= 0.3 is 0 Å². The van der Waals surface area contributed by atoms with Crippen LogP contribution in [0.25, 0.3) is 16.8 Å². The van der Waals surface area contributed by atoms with Crippen molar-refractivity contribution in [3.8, 4) is 5.75 Å². The lowest BCUT2D eigenvalue weighted by atomic mass is 10.2. The standard InChI is InChI=1S/C18H16N4O2/c1-24-15-9-6-13(7-10-15)8-11-17(23)20-22-18-16-5-3-2-4-14(16)12-19-21-18/h2-12H,1H3,(H,20,23)(H,21,22)/b11-8+. The Morgan fingerprint density at radius 3 is 2.71 bits per heavy atom. The van der Waals surface area contributed by atoms with Crippen LogP contribution in [0.3, 0.4) is 0 Å². The van der Waals surface area contributed by atoms with E-state index in [9.17, 15) is 4.79 Å². The van der Waals surface area contributed by atoms with Gasteiger partial charge in [0.1, 0.15) is 5.75 Å². The van der Waals surface area contributed by atoms with Crippen molar-refractivity contribution in [2.24, 2.45) is 0 Å². The fourth-order valence-electron chi connectivity index (χ4n) is 2.17. The molecule has 2 aromatic carbocycles. The lowest BCUT2D eigenvalue weighted by molar-refractivity contribution is -0.116. The highest BCUT2D eigenvalue weighted by Crippen LogP contribution is 2.18. The van der Waals surface area contributed by atoms with Crippen molar-refractivity contribution in [3.05, 3.63) is 66.4 Å². The van der Waals surface area contributed by atoms with Gasteiger partial charge in [0, 0.05) is 16.8 Å². The second-order valence-corrected chi connectivity index (χ2v) is 5.00. The minimum absolute atomic E-state index is 0.291. The zero-order valence-electron chi connectivity index (χ0n) is 13.1. The molecule has 0 radical (unpaired) electrons. The van der Waals surface area contributed by atoms with Crippen LogP contribution in [-0.2, 0) is 4.79 Å². The lowest BCUT2D eigenvalue weighted by Crippen LogP contribution is -2.28. The number of hydrogen-bond donors (Lipinski definition) is 2. The topological polar surface area (TPSA) is 76.1 Å². The summed E-state index contributed by atoms with van der Waals surface area (Å²) in [6.07, 6.45) is 4.82. The summed E-state index contributed by atoms with van der Waals surface area (Å²) >= 11 is 0. The molecule has 2 N–H and O–H groups in total. The summed E-state index contributed by atoms with van der Waals surface area (Å²) in [5.74, 6) is 0.979. The molecule has 120 valence electrons. The Morgan fingerprint density at radius 2 is 1.92 bits per heavy atom. The van der Waals surface area contributed by atoms with Gasteiger partial charge in [0.05, 0.1) is 13.3 Å². The van der Waals surface area contributed by atoms with E-state index in [1.165, 1.54) is 6.08 Å². The molecule has 0 atom stereocenters. The summed E-state index contributed by atoms with van der Waals surface area (Å²) in [5, 5.41) is 9.73. The van der Waals surface area contributed by atoms with Crippen LogP contribution in [0.5, 0.6) is 5.75 Å². The first-order valence-electron chi connectivity index (χ1n) is 7.35. The maximum atomic E-state index is 11.9. The molecule has 0 saturated carbocycles. The number of hydrazine groups is 1. The van der Waals surface area contributed by atoms with E-state index in [4.69, 9.17) is 4.74 Å². The number of benzene rings is 2. The zero-order valence-corrected chi connectivity index (χ0v) is 13.1. The summed E-state index contributed by atoms with van der Waals surface area (Å²) < 4.78 is 5.09. The van der Waals surface area contributed by atoms with Gasteiger partial charge in [0.2, 0.25) is 0 Å². The van der Waals surface area contributed by atoms with E-state index in [0.717, 1.165) is 22.1 Å². The average Bonchev–Trinajstić information content (AvgIpc) is 2.65. The van der Waals surface area contributed by atoms with Crippen molar-refractivity contribution in [1.29, 1.82) is 0 Å². The molecule has 1 heterocycles. The highest BCUT2D eigenvalue weighted by molar-refractivity contribution is 5.95.